The molecule has 1 aromatic rings. The zero-order valence-corrected chi connectivity index (χ0v) is 10.1. The van der Waals surface area contributed by atoms with Gasteiger partial charge in [0, 0.05) is 11.9 Å². The molecular formula is C10H13F3N2S. The summed E-state index contributed by atoms with van der Waals surface area (Å²) in [6.45, 7) is 6.02. The molecule has 1 heterocycles. The summed E-state index contributed by atoms with van der Waals surface area (Å²) in [6.07, 6.45) is -3.26. The first-order valence-electron chi connectivity index (χ1n) is 4.71. The molecule has 0 radical (unpaired) electrons. The SMILES string of the molecule is CC(C)(C)CSc1nccc(C(F)(F)F)n1. The predicted molar refractivity (Wildman–Crippen MR) is 57.2 cm³/mol. The summed E-state index contributed by atoms with van der Waals surface area (Å²) in [5.41, 5.74) is -0.860. The highest BCUT2D eigenvalue weighted by molar-refractivity contribution is 7.99. The Morgan fingerprint density at radius 2 is 1.88 bits per heavy atom. The van der Waals surface area contributed by atoms with Crippen LogP contribution in [0.1, 0.15) is 26.5 Å². The van der Waals surface area contributed by atoms with E-state index < -0.39 is 11.9 Å². The van der Waals surface area contributed by atoms with Crippen LogP contribution in [0.2, 0.25) is 0 Å². The van der Waals surface area contributed by atoms with Crippen molar-refractivity contribution in [3.05, 3.63) is 18.0 Å². The molecule has 0 aliphatic carbocycles. The molecule has 0 aromatic carbocycles. The minimum absolute atomic E-state index is 0.0300. The minimum Gasteiger partial charge on any atom is -0.231 e. The van der Waals surface area contributed by atoms with E-state index in [0.717, 1.165) is 12.3 Å². The standard InChI is InChI=1S/C10H13F3N2S/c1-9(2,3)6-16-8-14-5-4-7(15-8)10(11,12)13/h4-5H,6H2,1-3H3. The summed E-state index contributed by atoms with van der Waals surface area (Å²) in [5, 5.41) is 0.171. The molecule has 0 saturated carbocycles. The van der Waals surface area contributed by atoms with Gasteiger partial charge in [0.25, 0.3) is 0 Å². The average molecular weight is 250 g/mol. The molecule has 0 N–H and O–H groups in total. The number of rotatable bonds is 2. The maximum atomic E-state index is 12.3. The first-order valence-corrected chi connectivity index (χ1v) is 5.70. The third kappa shape index (κ3) is 4.38. The summed E-state index contributed by atoms with van der Waals surface area (Å²) in [6, 6.07) is 0.876. The van der Waals surface area contributed by atoms with E-state index in [0.29, 0.717) is 5.75 Å². The number of hydrogen-bond acceptors (Lipinski definition) is 3. The number of nitrogens with zero attached hydrogens (tertiary/aromatic N) is 2. The van der Waals surface area contributed by atoms with Crippen molar-refractivity contribution in [3.63, 3.8) is 0 Å². The molecule has 90 valence electrons. The van der Waals surface area contributed by atoms with Crippen molar-refractivity contribution in [2.45, 2.75) is 32.1 Å². The van der Waals surface area contributed by atoms with Gasteiger partial charge in [0.2, 0.25) is 0 Å². The van der Waals surface area contributed by atoms with Crippen LogP contribution < -0.4 is 0 Å². The van der Waals surface area contributed by atoms with Crippen molar-refractivity contribution in [3.8, 4) is 0 Å². The maximum absolute atomic E-state index is 12.3. The summed E-state index contributed by atoms with van der Waals surface area (Å²) >= 11 is 1.24. The Hall–Kier alpha value is -0.780. The maximum Gasteiger partial charge on any atom is 0.433 e. The van der Waals surface area contributed by atoms with Crippen molar-refractivity contribution >= 4 is 11.8 Å². The second-order valence-corrected chi connectivity index (χ2v) is 5.51. The zero-order chi connectivity index (χ0) is 12.4. The highest BCUT2D eigenvalue weighted by Gasteiger charge is 2.32. The topological polar surface area (TPSA) is 25.8 Å². The van der Waals surface area contributed by atoms with Crippen molar-refractivity contribution in [2.24, 2.45) is 5.41 Å². The molecule has 2 nitrogen and oxygen atoms in total. The van der Waals surface area contributed by atoms with Crippen LogP contribution in [0.5, 0.6) is 0 Å². The first kappa shape index (κ1) is 13.3. The van der Waals surface area contributed by atoms with Crippen LogP contribution in [0.25, 0.3) is 0 Å². The molecule has 0 unspecified atom stereocenters. The zero-order valence-electron chi connectivity index (χ0n) is 9.30. The summed E-state index contributed by atoms with van der Waals surface area (Å²) in [7, 11) is 0. The normalized spacial score (nSPS) is 12.9. The lowest BCUT2D eigenvalue weighted by molar-refractivity contribution is -0.141. The minimum atomic E-state index is -4.40. The van der Waals surface area contributed by atoms with Crippen LogP contribution in [0.15, 0.2) is 17.4 Å². The number of thioether (sulfide) groups is 1. The lowest BCUT2D eigenvalue weighted by Gasteiger charge is -2.16. The van der Waals surface area contributed by atoms with Gasteiger partial charge in [0.15, 0.2) is 5.16 Å². The van der Waals surface area contributed by atoms with E-state index in [9.17, 15) is 13.2 Å². The number of hydrogen-bond donors (Lipinski definition) is 0. The monoisotopic (exact) mass is 250 g/mol. The van der Waals surface area contributed by atoms with Gasteiger partial charge in [-0.2, -0.15) is 13.2 Å². The average Bonchev–Trinajstić information content (AvgIpc) is 2.13. The van der Waals surface area contributed by atoms with Gasteiger partial charge in [-0.25, -0.2) is 9.97 Å². The molecule has 0 bridgehead atoms. The van der Waals surface area contributed by atoms with Crippen LogP contribution in [0.4, 0.5) is 13.2 Å². The second kappa shape index (κ2) is 4.61. The number of alkyl halides is 3. The van der Waals surface area contributed by atoms with Crippen molar-refractivity contribution in [1.29, 1.82) is 0 Å². The van der Waals surface area contributed by atoms with E-state index in [-0.39, 0.29) is 10.6 Å². The van der Waals surface area contributed by atoms with Gasteiger partial charge in [-0.15, -0.1) is 0 Å². The molecule has 0 spiro atoms. The van der Waals surface area contributed by atoms with Gasteiger partial charge in [-0.1, -0.05) is 32.5 Å². The Bertz CT molecular complexity index is 358. The predicted octanol–water partition coefficient (Wildman–Crippen LogP) is 3.63. The Kier molecular flexibility index (Phi) is 3.83. The quantitative estimate of drug-likeness (QED) is 0.592. The fourth-order valence-corrected chi connectivity index (χ4v) is 1.71. The largest absolute Gasteiger partial charge is 0.433 e. The molecule has 0 fully saturated rings. The smallest absolute Gasteiger partial charge is 0.231 e. The molecule has 0 aliphatic rings. The van der Waals surface area contributed by atoms with Gasteiger partial charge < -0.3 is 0 Å². The van der Waals surface area contributed by atoms with E-state index in [1.54, 1.807) is 0 Å². The molecule has 0 atom stereocenters. The van der Waals surface area contributed by atoms with Gasteiger partial charge in [-0.3, -0.25) is 0 Å². The lowest BCUT2D eigenvalue weighted by atomic mass is 10.0. The van der Waals surface area contributed by atoms with Crippen molar-refractivity contribution < 1.29 is 13.2 Å². The van der Waals surface area contributed by atoms with Gasteiger partial charge >= 0.3 is 6.18 Å². The van der Waals surface area contributed by atoms with E-state index >= 15 is 0 Å². The van der Waals surface area contributed by atoms with Crippen LogP contribution in [0.3, 0.4) is 0 Å². The van der Waals surface area contributed by atoms with Crippen LogP contribution >= 0.6 is 11.8 Å². The first-order chi connectivity index (χ1) is 7.18. The molecule has 0 saturated heterocycles. The molecule has 6 heteroatoms. The Balaban J connectivity index is 2.76. The molecule has 0 aliphatic heterocycles. The van der Waals surface area contributed by atoms with Gasteiger partial charge in [0.05, 0.1) is 0 Å². The van der Waals surface area contributed by atoms with Gasteiger partial charge in [0.1, 0.15) is 5.69 Å². The fraction of sp³-hybridized carbons (Fsp3) is 0.600. The Morgan fingerprint density at radius 1 is 1.25 bits per heavy atom. The van der Waals surface area contributed by atoms with Crippen LogP contribution in [-0.2, 0) is 6.18 Å². The van der Waals surface area contributed by atoms with Gasteiger partial charge in [-0.05, 0) is 11.5 Å². The van der Waals surface area contributed by atoms with E-state index in [4.69, 9.17) is 0 Å². The van der Waals surface area contributed by atoms with E-state index in [1.807, 2.05) is 20.8 Å². The molecule has 0 amide bonds. The summed E-state index contributed by atoms with van der Waals surface area (Å²) in [5.74, 6) is 0.675. The van der Waals surface area contributed by atoms with E-state index in [2.05, 4.69) is 9.97 Å². The van der Waals surface area contributed by atoms with E-state index in [1.165, 1.54) is 11.8 Å². The Labute approximate surface area is 96.7 Å². The fourth-order valence-electron chi connectivity index (χ4n) is 0.849. The highest BCUT2D eigenvalue weighted by atomic mass is 32.2. The second-order valence-electron chi connectivity index (χ2n) is 4.57. The third-order valence-corrected chi connectivity index (χ3v) is 3.02. The molecular weight excluding hydrogens is 237 g/mol. The lowest BCUT2D eigenvalue weighted by Crippen LogP contribution is -2.11. The Morgan fingerprint density at radius 3 is 2.38 bits per heavy atom. The van der Waals surface area contributed by atoms with Crippen molar-refractivity contribution in [1.82, 2.24) is 9.97 Å². The summed E-state index contributed by atoms with van der Waals surface area (Å²) < 4.78 is 37.0. The van der Waals surface area contributed by atoms with Crippen molar-refractivity contribution in [2.75, 3.05) is 5.75 Å². The number of halogens is 3. The highest BCUT2D eigenvalue weighted by Crippen LogP contribution is 2.29. The summed E-state index contributed by atoms with van der Waals surface area (Å²) in [4.78, 5) is 7.28. The van der Waals surface area contributed by atoms with Crippen LogP contribution in [0, 0.1) is 5.41 Å². The van der Waals surface area contributed by atoms with Crippen LogP contribution in [-0.4, -0.2) is 15.7 Å². The molecule has 1 aromatic heterocycles. The molecule has 1 rings (SSSR count). The molecule has 16 heavy (non-hydrogen) atoms. The third-order valence-electron chi connectivity index (χ3n) is 1.56. The number of aromatic nitrogens is 2.